The fraction of sp³-hybridized carbons (Fsp3) is 0.273. The Hall–Kier alpha value is -1.27. The third kappa shape index (κ3) is 1.87. The minimum Gasteiger partial charge on any atom is -0.309 e. The maximum Gasteiger partial charge on any atom is 0.165 e. The number of halogens is 2. The number of nitrogens with one attached hydrogen (secondary N) is 1. The summed E-state index contributed by atoms with van der Waals surface area (Å²) >= 11 is 3.36. The van der Waals surface area contributed by atoms with Gasteiger partial charge < -0.3 is 9.88 Å². The maximum atomic E-state index is 13.0. The molecule has 3 rings (SSSR count). The molecule has 88 valence electrons. The van der Waals surface area contributed by atoms with Gasteiger partial charge in [-0.3, -0.25) is 0 Å². The highest BCUT2D eigenvalue weighted by atomic mass is 79.9. The van der Waals surface area contributed by atoms with Crippen molar-refractivity contribution in [1.29, 1.82) is 0 Å². The molecule has 4 nitrogen and oxygen atoms in total. The van der Waals surface area contributed by atoms with E-state index in [1.54, 1.807) is 6.07 Å². The average Bonchev–Trinajstić information content (AvgIpc) is 2.73. The molecule has 2 aromatic rings. The van der Waals surface area contributed by atoms with E-state index < -0.39 is 0 Å². The van der Waals surface area contributed by atoms with Gasteiger partial charge in [-0.25, -0.2) is 4.39 Å². The van der Waals surface area contributed by atoms with Crippen molar-refractivity contribution < 1.29 is 4.39 Å². The van der Waals surface area contributed by atoms with Gasteiger partial charge in [0.15, 0.2) is 5.82 Å². The van der Waals surface area contributed by atoms with E-state index in [1.807, 2.05) is 0 Å². The summed E-state index contributed by atoms with van der Waals surface area (Å²) in [5, 5.41) is 11.5. The van der Waals surface area contributed by atoms with Crippen LogP contribution in [0.25, 0.3) is 11.4 Å². The zero-order chi connectivity index (χ0) is 11.8. The number of aromatic nitrogens is 3. The highest BCUT2D eigenvalue weighted by Gasteiger charge is 2.18. The van der Waals surface area contributed by atoms with Crippen molar-refractivity contribution in [1.82, 2.24) is 20.1 Å². The number of benzene rings is 1. The van der Waals surface area contributed by atoms with Gasteiger partial charge >= 0.3 is 0 Å². The predicted octanol–water partition coefficient (Wildman–Crippen LogP) is 1.95. The minimum atomic E-state index is -0.263. The molecule has 6 heteroatoms. The lowest BCUT2D eigenvalue weighted by molar-refractivity contribution is 0.508. The molecular formula is C11H10BrFN4. The van der Waals surface area contributed by atoms with Crippen LogP contribution in [0.3, 0.4) is 0 Å². The maximum absolute atomic E-state index is 13.0. The summed E-state index contributed by atoms with van der Waals surface area (Å²) in [7, 11) is 0. The number of hydrogen-bond donors (Lipinski definition) is 1. The lowest BCUT2D eigenvalue weighted by Gasteiger charge is -2.16. The molecule has 1 aromatic heterocycles. The Kier molecular flexibility index (Phi) is 2.68. The van der Waals surface area contributed by atoms with E-state index in [0.717, 1.165) is 36.8 Å². The summed E-state index contributed by atoms with van der Waals surface area (Å²) in [5.41, 5.74) is 0.868. The second kappa shape index (κ2) is 4.19. The van der Waals surface area contributed by atoms with Crippen LogP contribution >= 0.6 is 15.9 Å². The van der Waals surface area contributed by atoms with Gasteiger partial charge in [-0.1, -0.05) is 0 Å². The smallest absolute Gasteiger partial charge is 0.165 e. The first-order valence-corrected chi connectivity index (χ1v) is 6.13. The standard InChI is InChI=1S/C11H10BrFN4/c12-9-5-7(13)1-2-8(9)11-16-15-10-6-14-3-4-17(10)11/h1-2,5,14H,3-4,6H2. The van der Waals surface area contributed by atoms with E-state index in [9.17, 15) is 4.39 Å². The minimum absolute atomic E-state index is 0.263. The summed E-state index contributed by atoms with van der Waals surface area (Å²) in [6.45, 7) is 2.46. The van der Waals surface area contributed by atoms with Crippen LogP contribution in [-0.4, -0.2) is 21.3 Å². The van der Waals surface area contributed by atoms with Crippen molar-refractivity contribution in [2.45, 2.75) is 13.1 Å². The SMILES string of the molecule is Fc1ccc(-c2nnc3n2CCNC3)c(Br)c1. The van der Waals surface area contributed by atoms with Crippen molar-refractivity contribution in [2.75, 3.05) is 6.54 Å². The van der Waals surface area contributed by atoms with E-state index in [-0.39, 0.29) is 5.82 Å². The Morgan fingerprint density at radius 2 is 2.24 bits per heavy atom. The molecule has 0 saturated carbocycles. The Morgan fingerprint density at radius 3 is 3.06 bits per heavy atom. The Labute approximate surface area is 106 Å². The van der Waals surface area contributed by atoms with Gasteiger partial charge in [-0.2, -0.15) is 0 Å². The number of rotatable bonds is 1. The Balaban J connectivity index is 2.12. The lowest BCUT2D eigenvalue weighted by atomic mass is 10.2. The van der Waals surface area contributed by atoms with Crippen molar-refractivity contribution in [3.8, 4) is 11.4 Å². The van der Waals surface area contributed by atoms with Gasteiger partial charge in [0.2, 0.25) is 0 Å². The summed E-state index contributed by atoms with van der Waals surface area (Å²) in [4.78, 5) is 0. The van der Waals surface area contributed by atoms with E-state index in [4.69, 9.17) is 0 Å². The van der Waals surface area contributed by atoms with Gasteiger partial charge in [0.1, 0.15) is 11.6 Å². The molecule has 2 heterocycles. The molecule has 1 aliphatic heterocycles. The van der Waals surface area contributed by atoms with Gasteiger partial charge in [0.25, 0.3) is 0 Å². The van der Waals surface area contributed by atoms with Crippen LogP contribution in [0.15, 0.2) is 22.7 Å². The van der Waals surface area contributed by atoms with E-state index >= 15 is 0 Å². The molecule has 0 aliphatic carbocycles. The largest absolute Gasteiger partial charge is 0.309 e. The number of fused-ring (bicyclic) bond motifs is 1. The fourth-order valence-corrected chi connectivity index (χ4v) is 2.49. The Morgan fingerprint density at radius 1 is 1.35 bits per heavy atom. The van der Waals surface area contributed by atoms with E-state index in [2.05, 4.69) is 36.0 Å². The van der Waals surface area contributed by atoms with Crippen molar-refractivity contribution >= 4 is 15.9 Å². The molecule has 0 atom stereocenters. The summed E-state index contributed by atoms with van der Waals surface area (Å²) in [5.74, 6) is 1.44. The highest BCUT2D eigenvalue weighted by molar-refractivity contribution is 9.10. The van der Waals surface area contributed by atoms with Gasteiger partial charge in [0, 0.05) is 23.1 Å². The van der Waals surface area contributed by atoms with Crippen LogP contribution in [0, 0.1) is 5.82 Å². The predicted molar refractivity (Wildman–Crippen MR) is 64.8 cm³/mol. The molecule has 0 fully saturated rings. The van der Waals surface area contributed by atoms with Crippen molar-refractivity contribution in [3.63, 3.8) is 0 Å². The third-order valence-corrected chi connectivity index (χ3v) is 3.45. The van der Waals surface area contributed by atoms with E-state index in [0.29, 0.717) is 4.47 Å². The summed E-state index contributed by atoms with van der Waals surface area (Å²) in [6.07, 6.45) is 0. The first-order valence-electron chi connectivity index (χ1n) is 5.34. The molecule has 0 saturated heterocycles. The molecule has 0 radical (unpaired) electrons. The van der Waals surface area contributed by atoms with Gasteiger partial charge in [-0.05, 0) is 34.1 Å². The molecule has 0 unspecified atom stereocenters. The van der Waals surface area contributed by atoms with Crippen LogP contribution in [0.5, 0.6) is 0 Å². The van der Waals surface area contributed by atoms with Crippen molar-refractivity contribution in [3.05, 3.63) is 34.3 Å². The monoisotopic (exact) mass is 296 g/mol. The summed E-state index contributed by atoms with van der Waals surface area (Å²) < 4.78 is 15.8. The zero-order valence-electron chi connectivity index (χ0n) is 8.95. The third-order valence-electron chi connectivity index (χ3n) is 2.79. The quantitative estimate of drug-likeness (QED) is 0.875. The highest BCUT2D eigenvalue weighted by Crippen LogP contribution is 2.28. The summed E-state index contributed by atoms with van der Waals surface area (Å²) in [6, 6.07) is 4.60. The fourth-order valence-electron chi connectivity index (χ4n) is 1.96. The molecule has 17 heavy (non-hydrogen) atoms. The molecule has 1 aromatic carbocycles. The topological polar surface area (TPSA) is 42.7 Å². The Bertz CT molecular complexity index is 567. The molecule has 0 spiro atoms. The lowest BCUT2D eigenvalue weighted by Crippen LogP contribution is -2.28. The molecule has 1 aliphatic rings. The van der Waals surface area contributed by atoms with Gasteiger partial charge in [0.05, 0.1) is 6.54 Å². The second-order valence-electron chi connectivity index (χ2n) is 3.89. The first-order chi connectivity index (χ1) is 8.25. The van der Waals surface area contributed by atoms with Crippen LogP contribution < -0.4 is 5.32 Å². The average molecular weight is 297 g/mol. The zero-order valence-corrected chi connectivity index (χ0v) is 10.5. The molecular weight excluding hydrogens is 287 g/mol. The van der Waals surface area contributed by atoms with Crippen molar-refractivity contribution in [2.24, 2.45) is 0 Å². The second-order valence-corrected chi connectivity index (χ2v) is 4.75. The first kappa shape index (κ1) is 10.9. The van der Waals surface area contributed by atoms with Gasteiger partial charge in [-0.15, -0.1) is 10.2 Å². The molecule has 1 N–H and O–H groups in total. The number of hydrogen-bond acceptors (Lipinski definition) is 3. The van der Waals surface area contributed by atoms with E-state index in [1.165, 1.54) is 12.1 Å². The molecule has 0 amide bonds. The van der Waals surface area contributed by atoms with Crippen LogP contribution in [0.1, 0.15) is 5.82 Å². The number of nitrogens with zero attached hydrogens (tertiary/aromatic N) is 3. The van der Waals surface area contributed by atoms with Crippen LogP contribution in [0.4, 0.5) is 4.39 Å². The van der Waals surface area contributed by atoms with Crippen LogP contribution in [-0.2, 0) is 13.1 Å². The van der Waals surface area contributed by atoms with Crippen LogP contribution in [0.2, 0.25) is 0 Å². The normalized spacial score (nSPS) is 14.7. The molecule has 0 bridgehead atoms.